The Balaban J connectivity index is 2.20. The van der Waals surface area contributed by atoms with Crippen LogP contribution in [0.15, 0.2) is 48.5 Å². The SMILES string of the molecule is N#Cc1ccc2c(c1)c(-c1ccccc1)nn2CCCBr. The maximum atomic E-state index is 9.12. The van der Waals surface area contributed by atoms with E-state index in [0.29, 0.717) is 5.56 Å². The van der Waals surface area contributed by atoms with Crippen LogP contribution in [0.5, 0.6) is 0 Å². The molecule has 0 radical (unpaired) electrons. The number of hydrogen-bond donors (Lipinski definition) is 0. The number of alkyl halides is 1. The highest BCUT2D eigenvalue weighted by Gasteiger charge is 2.12. The first-order chi connectivity index (χ1) is 10.3. The number of benzene rings is 2. The van der Waals surface area contributed by atoms with E-state index in [4.69, 9.17) is 10.4 Å². The molecule has 0 unspecified atom stereocenters. The molecule has 0 fully saturated rings. The lowest BCUT2D eigenvalue weighted by molar-refractivity contribution is 0.629. The van der Waals surface area contributed by atoms with E-state index in [9.17, 15) is 0 Å². The van der Waals surface area contributed by atoms with Gasteiger partial charge in [-0.3, -0.25) is 4.68 Å². The molecule has 0 aliphatic heterocycles. The van der Waals surface area contributed by atoms with Crippen molar-refractivity contribution in [2.24, 2.45) is 0 Å². The fourth-order valence-electron chi connectivity index (χ4n) is 2.44. The van der Waals surface area contributed by atoms with Gasteiger partial charge in [0.05, 0.1) is 17.1 Å². The molecule has 1 aromatic heterocycles. The number of nitrogens with zero attached hydrogens (tertiary/aromatic N) is 3. The highest BCUT2D eigenvalue weighted by atomic mass is 79.9. The van der Waals surface area contributed by atoms with Gasteiger partial charge in [-0.1, -0.05) is 46.3 Å². The second kappa shape index (κ2) is 6.11. The van der Waals surface area contributed by atoms with Crippen molar-refractivity contribution in [3.8, 4) is 17.3 Å². The van der Waals surface area contributed by atoms with Gasteiger partial charge in [0, 0.05) is 22.8 Å². The quantitative estimate of drug-likeness (QED) is 0.662. The summed E-state index contributed by atoms with van der Waals surface area (Å²) >= 11 is 3.46. The molecule has 0 saturated carbocycles. The molecule has 0 N–H and O–H groups in total. The number of rotatable bonds is 4. The van der Waals surface area contributed by atoms with Crippen LogP contribution < -0.4 is 0 Å². The van der Waals surface area contributed by atoms with Gasteiger partial charge in [0.25, 0.3) is 0 Å². The number of fused-ring (bicyclic) bond motifs is 1. The molecule has 0 spiro atoms. The zero-order valence-electron chi connectivity index (χ0n) is 11.5. The fourth-order valence-corrected chi connectivity index (χ4v) is 2.69. The van der Waals surface area contributed by atoms with Crippen molar-refractivity contribution in [3.63, 3.8) is 0 Å². The van der Waals surface area contributed by atoms with Crippen molar-refractivity contribution in [1.29, 1.82) is 5.26 Å². The highest BCUT2D eigenvalue weighted by Crippen LogP contribution is 2.28. The summed E-state index contributed by atoms with van der Waals surface area (Å²) < 4.78 is 2.03. The van der Waals surface area contributed by atoms with E-state index in [1.165, 1.54) is 0 Å². The van der Waals surface area contributed by atoms with E-state index in [1.807, 2.05) is 41.1 Å². The minimum Gasteiger partial charge on any atom is -0.264 e. The molecule has 0 saturated heterocycles. The lowest BCUT2D eigenvalue weighted by atomic mass is 10.1. The summed E-state index contributed by atoms with van der Waals surface area (Å²) in [6.07, 6.45) is 1.02. The van der Waals surface area contributed by atoms with Gasteiger partial charge < -0.3 is 0 Å². The molecule has 0 aliphatic rings. The van der Waals surface area contributed by atoms with Crippen molar-refractivity contribution in [1.82, 2.24) is 9.78 Å². The van der Waals surface area contributed by atoms with Crippen LogP contribution in [-0.2, 0) is 6.54 Å². The molecule has 3 aromatic rings. The van der Waals surface area contributed by atoms with Gasteiger partial charge >= 0.3 is 0 Å². The van der Waals surface area contributed by atoms with Gasteiger partial charge in [0.15, 0.2) is 0 Å². The molecule has 4 heteroatoms. The lowest BCUT2D eigenvalue weighted by Gasteiger charge is -2.00. The van der Waals surface area contributed by atoms with Gasteiger partial charge in [0.2, 0.25) is 0 Å². The van der Waals surface area contributed by atoms with Crippen molar-refractivity contribution in [2.75, 3.05) is 5.33 Å². The van der Waals surface area contributed by atoms with Crippen LogP contribution in [0.1, 0.15) is 12.0 Å². The monoisotopic (exact) mass is 339 g/mol. The van der Waals surface area contributed by atoms with Crippen molar-refractivity contribution in [2.45, 2.75) is 13.0 Å². The van der Waals surface area contributed by atoms with Gasteiger partial charge in [-0.2, -0.15) is 10.4 Å². The van der Waals surface area contributed by atoms with Crippen LogP contribution in [0, 0.1) is 11.3 Å². The predicted octanol–water partition coefficient (Wildman–Crippen LogP) is 4.36. The molecule has 0 amide bonds. The van der Waals surface area contributed by atoms with Gasteiger partial charge in [-0.15, -0.1) is 0 Å². The molecule has 0 aliphatic carbocycles. The van der Waals surface area contributed by atoms with E-state index in [-0.39, 0.29) is 0 Å². The maximum Gasteiger partial charge on any atom is 0.100 e. The Bertz CT molecular complexity index is 800. The van der Waals surface area contributed by atoms with E-state index in [2.05, 4.69) is 34.1 Å². The summed E-state index contributed by atoms with van der Waals surface area (Å²) in [5.74, 6) is 0. The topological polar surface area (TPSA) is 41.6 Å². The van der Waals surface area contributed by atoms with Gasteiger partial charge in [-0.25, -0.2) is 0 Å². The van der Waals surface area contributed by atoms with E-state index >= 15 is 0 Å². The Labute approximate surface area is 131 Å². The Hall–Kier alpha value is -2.12. The molecule has 3 nitrogen and oxygen atoms in total. The second-order valence-corrected chi connectivity index (χ2v) is 5.62. The molecular formula is C17H14BrN3. The third-order valence-electron chi connectivity index (χ3n) is 3.43. The Morgan fingerprint density at radius 1 is 1.14 bits per heavy atom. The van der Waals surface area contributed by atoms with Crippen LogP contribution >= 0.6 is 15.9 Å². The third kappa shape index (κ3) is 2.70. The largest absolute Gasteiger partial charge is 0.264 e. The zero-order valence-corrected chi connectivity index (χ0v) is 13.0. The normalized spacial score (nSPS) is 10.7. The first kappa shape index (κ1) is 13.8. The average molecular weight is 340 g/mol. The average Bonchev–Trinajstić information content (AvgIpc) is 2.91. The maximum absolute atomic E-state index is 9.12. The summed E-state index contributed by atoms with van der Waals surface area (Å²) in [6, 6.07) is 18.1. The minimum absolute atomic E-state index is 0.666. The molecule has 0 bridgehead atoms. The number of hydrogen-bond acceptors (Lipinski definition) is 2. The van der Waals surface area contributed by atoms with Crippen molar-refractivity contribution >= 4 is 26.8 Å². The Morgan fingerprint density at radius 2 is 1.95 bits per heavy atom. The van der Waals surface area contributed by atoms with Gasteiger partial charge in [0.1, 0.15) is 5.69 Å². The Kier molecular flexibility index (Phi) is 4.03. The lowest BCUT2D eigenvalue weighted by Crippen LogP contribution is -2.00. The first-order valence-electron chi connectivity index (χ1n) is 6.85. The van der Waals surface area contributed by atoms with Gasteiger partial charge in [-0.05, 0) is 24.6 Å². The Morgan fingerprint density at radius 3 is 2.67 bits per heavy atom. The van der Waals surface area contributed by atoms with Crippen LogP contribution in [0.3, 0.4) is 0 Å². The van der Waals surface area contributed by atoms with Crippen LogP contribution in [0.2, 0.25) is 0 Å². The minimum atomic E-state index is 0.666. The van der Waals surface area contributed by atoms with Crippen LogP contribution in [0.4, 0.5) is 0 Å². The summed E-state index contributed by atoms with van der Waals surface area (Å²) in [5, 5.41) is 15.9. The number of halogens is 1. The standard InChI is InChI=1S/C17H14BrN3/c18-9-4-10-21-16-8-7-13(12-19)11-15(16)17(20-21)14-5-2-1-3-6-14/h1-3,5-8,11H,4,9-10H2. The van der Waals surface area contributed by atoms with Crippen LogP contribution in [0.25, 0.3) is 22.2 Å². The summed E-state index contributed by atoms with van der Waals surface area (Å²) in [7, 11) is 0. The predicted molar refractivity (Wildman–Crippen MR) is 88.3 cm³/mol. The number of aromatic nitrogens is 2. The number of aryl methyl sites for hydroxylation is 1. The molecule has 3 rings (SSSR count). The molecule has 2 aromatic carbocycles. The number of nitriles is 1. The molecule has 104 valence electrons. The molecule has 21 heavy (non-hydrogen) atoms. The third-order valence-corrected chi connectivity index (χ3v) is 3.99. The van der Waals surface area contributed by atoms with Crippen molar-refractivity contribution in [3.05, 3.63) is 54.1 Å². The van der Waals surface area contributed by atoms with Crippen molar-refractivity contribution < 1.29 is 0 Å². The summed E-state index contributed by atoms with van der Waals surface area (Å²) in [4.78, 5) is 0. The highest BCUT2D eigenvalue weighted by molar-refractivity contribution is 9.09. The summed E-state index contributed by atoms with van der Waals surface area (Å²) in [5.41, 5.74) is 3.76. The second-order valence-electron chi connectivity index (χ2n) is 4.82. The fraction of sp³-hybridized carbons (Fsp3) is 0.176. The summed E-state index contributed by atoms with van der Waals surface area (Å²) in [6.45, 7) is 0.862. The molecule has 1 heterocycles. The molecular weight excluding hydrogens is 326 g/mol. The smallest absolute Gasteiger partial charge is 0.100 e. The van der Waals surface area contributed by atoms with Crippen LogP contribution in [-0.4, -0.2) is 15.1 Å². The van der Waals surface area contributed by atoms with E-state index < -0.39 is 0 Å². The van der Waals surface area contributed by atoms with E-state index in [0.717, 1.165) is 40.5 Å². The first-order valence-corrected chi connectivity index (χ1v) is 7.97. The zero-order chi connectivity index (χ0) is 14.7. The molecule has 0 atom stereocenters. The van der Waals surface area contributed by atoms with E-state index in [1.54, 1.807) is 0 Å².